The second kappa shape index (κ2) is 8.71. The number of amides is 3. The van der Waals surface area contributed by atoms with Gasteiger partial charge in [-0.15, -0.1) is 0 Å². The number of carbonyl (C=O) groups is 3. The van der Waals surface area contributed by atoms with E-state index < -0.39 is 16.7 Å². The molecule has 3 amide bonds. The highest BCUT2D eigenvalue weighted by atomic mass is 35.5. The van der Waals surface area contributed by atoms with Crippen LogP contribution in [0.4, 0.5) is 22.7 Å². The number of nitrogens with zero attached hydrogens (tertiary/aromatic N) is 3. The van der Waals surface area contributed by atoms with Gasteiger partial charge in [0.05, 0.1) is 27.9 Å². The summed E-state index contributed by atoms with van der Waals surface area (Å²) in [7, 11) is 0. The van der Waals surface area contributed by atoms with Gasteiger partial charge in [0.1, 0.15) is 12.3 Å². The van der Waals surface area contributed by atoms with Crippen molar-refractivity contribution in [2.45, 2.75) is 0 Å². The number of halogens is 1. The van der Waals surface area contributed by atoms with E-state index in [1.807, 2.05) is 4.90 Å². The zero-order chi connectivity index (χ0) is 22.8. The van der Waals surface area contributed by atoms with Gasteiger partial charge in [-0.25, -0.2) is 0 Å². The Morgan fingerprint density at radius 3 is 2.75 bits per heavy atom. The molecule has 11 nitrogen and oxygen atoms in total. The highest BCUT2D eigenvalue weighted by Crippen LogP contribution is 2.35. The van der Waals surface area contributed by atoms with Crippen LogP contribution in [0.3, 0.4) is 0 Å². The van der Waals surface area contributed by atoms with E-state index in [4.69, 9.17) is 16.3 Å². The van der Waals surface area contributed by atoms with Crippen LogP contribution in [0.25, 0.3) is 0 Å². The van der Waals surface area contributed by atoms with Crippen molar-refractivity contribution in [3.05, 3.63) is 51.5 Å². The number of fused-ring (bicyclic) bond motifs is 1. The van der Waals surface area contributed by atoms with E-state index in [2.05, 4.69) is 10.6 Å². The molecule has 12 heteroatoms. The van der Waals surface area contributed by atoms with Gasteiger partial charge in [0.2, 0.25) is 11.8 Å². The number of piperazine rings is 1. The summed E-state index contributed by atoms with van der Waals surface area (Å²) in [6, 6.07) is 8.76. The molecule has 0 atom stereocenters. The highest BCUT2D eigenvalue weighted by Gasteiger charge is 2.29. The minimum Gasteiger partial charge on any atom is -0.482 e. The van der Waals surface area contributed by atoms with Gasteiger partial charge in [0, 0.05) is 30.9 Å². The Kier molecular flexibility index (Phi) is 5.82. The van der Waals surface area contributed by atoms with Crippen molar-refractivity contribution in [2.24, 2.45) is 0 Å². The topological polar surface area (TPSA) is 134 Å². The third-order valence-corrected chi connectivity index (χ3v) is 5.31. The number of ether oxygens (including phenoxy) is 1. The number of nitro groups is 1. The molecule has 0 bridgehead atoms. The van der Waals surface area contributed by atoms with Crippen molar-refractivity contribution >= 4 is 52.1 Å². The number of carbonyl (C=O) groups excluding carboxylic acids is 3. The summed E-state index contributed by atoms with van der Waals surface area (Å²) in [5.74, 6) is -0.829. The fourth-order valence-corrected chi connectivity index (χ4v) is 3.81. The lowest BCUT2D eigenvalue weighted by molar-refractivity contribution is -0.384. The van der Waals surface area contributed by atoms with E-state index in [-0.39, 0.29) is 42.7 Å². The molecular formula is C20H18ClN5O6. The van der Waals surface area contributed by atoms with Crippen LogP contribution in [0.2, 0.25) is 5.02 Å². The van der Waals surface area contributed by atoms with Crippen molar-refractivity contribution in [1.82, 2.24) is 5.32 Å². The molecule has 2 heterocycles. The maximum Gasteiger partial charge on any atom is 0.271 e. The Morgan fingerprint density at radius 1 is 1.22 bits per heavy atom. The fourth-order valence-electron chi connectivity index (χ4n) is 3.51. The normalized spacial score (nSPS) is 15.5. The molecule has 4 rings (SSSR count). The fraction of sp³-hybridized carbons (Fsp3) is 0.250. The van der Waals surface area contributed by atoms with Gasteiger partial charge < -0.3 is 20.3 Å². The Morgan fingerprint density at radius 2 is 2.03 bits per heavy atom. The smallest absolute Gasteiger partial charge is 0.271 e. The van der Waals surface area contributed by atoms with Crippen LogP contribution < -0.4 is 25.2 Å². The summed E-state index contributed by atoms with van der Waals surface area (Å²) in [5, 5.41) is 16.8. The number of rotatable bonds is 5. The molecule has 1 fully saturated rings. The molecule has 2 aliphatic heterocycles. The Balaban J connectivity index is 1.48. The van der Waals surface area contributed by atoms with Crippen LogP contribution >= 0.6 is 11.6 Å². The maximum absolute atomic E-state index is 12.6. The maximum atomic E-state index is 12.6. The average molecular weight is 460 g/mol. The molecule has 0 aliphatic carbocycles. The number of benzene rings is 2. The second-order valence-corrected chi connectivity index (χ2v) is 7.57. The van der Waals surface area contributed by atoms with Gasteiger partial charge in [-0.05, 0) is 24.3 Å². The van der Waals surface area contributed by atoms with Crippen LogP contribution in [0.5, 0.6) is 5.75 Å². The summed E-state index contributed by atoms with van der Waals surface area (Å²) < 4.78 is 5.30. The van der Waals surface area contributed by atoms with E-state index >= 15 is 0 Å². The first-order valence-corrected chi connectivity index (χ1v) is 10.0. The Hall–Kier alpha value is -3.86. The molecule has 2 N–H and O–H groups in total. The van der Waals surface area contributed by atoms with Gasteiger partial charge in [0.25, 0.3) is 11.6 Å². The summed E-state index contributed by atoms with van der Waals surface area (Å²) in [5.41, 5.74) is 1.01. The van der Waals surface area contributed by atoms with Crippen LogP contribution in [-0.4, -0.2) is 55.4 Å². The van der Waals surface area contributed by atoms with Crippen molar-refractivity contribution in [1.29, 1.82) is 0 Å². The highest BCUT2D eigenvalue weighted by molar-refractivity contribution is 6.33. The second-order valence-electron chi connectivity index (χ2n) is 7.16. The third kappa shape index (κ3) is 4.42. The van der Waals surface area contributed by atoms with E-state index in [1.54, 1.807) is 18.2 Å². The van der Waals surface area contributed by atoms with Gasteiger partial charge in [0.15, 0.2) is 6.61 Å². The standard InChI is InChI=1S/C20H18ClN5O6/c21-14-7-12(1-3-15(14)24-6-5-22-18(27)9-24)23-19(28)10-25-16-8-13(26(30)31)2-4-17(16)32-11-20(25)29/h1-4,7-8H,5-6,9-11H2,(H,22,27)(H,23,28). The van der Waals surface area contributed by atoms with Crippen molar-refractivity contribution in [3.63, 3.8) is 0 Å². The molecular weight excluding hydrogens is 442 g/mol. The molecule has 0 radical (unpaired) electrons. The summed E-state index contributed by atoms with van der Waals surface area (Å²) in [6.45, 7) is 0.683. The van der Waals surface area contributed by atoms with E-state index in [0.29, 0.717) is 29.5 Å². The number of hydrogen-bond acceptors (Lipinski definition) is 7. The molecule has 0 spiro atoms. The number of hydrogen-bond donors (Lipinski definition) is 2. The van der Waals surface area contributed by atoms with Crippen molar-refractivity contribution in [3.8, 4) is 5.75 Å². The average Bonchev–Trinajstić information content (AvgIpc) is 2.75. The summed E-state index contributed by atoms with van der Waals surface area (Å²) in [4.78, 5) is 50.0. The quantitative estimate of drug-likeness (QED) is 0.511. The number of nitro benzene ring substituents is 1. The molecule has 0 aromatic heterocycles. The molecule has 32 heavy (non-hydrogen) atoms. The molecule has 1 saturated heterocycles. The van der Waals surface area contributed by atoms with Crippen molar-refractivity contribution in [2.75, 3.05) is 47.9 Å². The Labute approximate surface area is 187 Å². The number of non-ortho nitro benzene ring substituents is 1. The van der Waals surface area contributed by atoms with Gasteiger partial charge in [-0.1, -0.05) is 11.6 Å². The van der Waals surface area contributed by atoms with Gasteiger partial charge in [-0.3, -0.25) is 29.4 Å². The molecule has 2 aliphatic rings. The van der Waals surface area contributed by atoms with E-state index in [0.717, 1.165) is 4.90 Å². The molecule has 0 saturated carbocycles. The van der Waals surface area contributed by atoms with E-state index in [9.17, 15) is 24.5 Å². The van der Waals surface area contributed by atoms with Gasteiger partial charge >= 0.3 is 0 Å². The van der Waals surface area contributed by atoms with E-state index in [1.165, 1.54) is 18.2 Å². The zero-order valence-electron chi connectivity index (χ0n) is 16.7. The number of anilines is 3. The lowest BCUT2D eigenvalue weighted by atomic mass is 10.2. The lowest BCUT2D eigenvalue weighted by Crippen LogP contribution is -2.47. The monoisotopic (exact) mass is 459 g/mol. The lowest BCUT2D eigenvalue weighted by Gasteiger charge is -2.29. The third-order valence-electron chi connectivity index (χ3n) is 5.01. The molecule has 166 valence electrons. The van der Waals surface area contributed by atoms with Gasteiger partial charge in [-0.2, -0.15) is 0 Å². The molecule has 2 aromatic carbocycles. The first-order valence-electron chi connectivity index (χ1n) is 9.64. The summed E-state index contributed by atoms with van der Waals surface area (Å²) >= 11 is 6.35. The molecule has 2 aromatic rings. The number of nitrogens with one attached hydrogen (secondary N) is 2. The summed E-state index contributed by atoms with van der Waals surface area (Å²) in [6.07, 6.45) is 0. The first-order chi connectivity index (χ1) is 15.3. The predicted molar refractivity (Wildman–Crippen MR) is 116 cm³/mol. The van der Waals surface area contributed by atoms with Crippen LogP contribution in [-0.2, 0) is 14.4 Å². The molecule has 0 unspecified atom stereocenters. The Bertz CT molecular complexity index is 1120. The minimum atomic E-state index is -0.590. The van der Waals surface area contributed by atoms with Crippen LogP contribution in [0.15, 0.2) is 36.4 Å². The largest absolute Gasteiger partial charge is 0.482 e. The first kappa shape index (κ1) is 21.4. The van der Waals surface area contributed by atoms with Crippen LogP contribution in [0.1, 0.15) is 0 Å². The SMILES string of the molecule is O=C1CN(c2ccc(NC(=O)CN3C(=O)COc4ccc([N+](=O)[O-])cc43)cc2Cl)CCN1. The van der Waals surface area contributed by atoms with Crippen molar-refractivity contribution < 1.29 is 24.0 Å². The predicted octanol–water partition coefficient (Wildman–Crippen LogP) is 1.55. The van der Waals surface area contributed by atoms with Crippen LogP contribution in [0, 0.1) is 10.1 Å². The zero-order valence-corrected chi connectivity index (χ0v) is 17.4. The minimum absolute atomic E-state index is 0.0969.